The van der Waals surface area contributed by atoms with Crippen molar-refractivity contribution >= 4 is 16.0 Å². The largest absolute Gasteiger partial charge is 0.481 e. The SMILES string of the molecule is CC1CCCCC1(CN)NS(=O)(=O)CCC(=O)O. The molecule has 1 saturated carbocycles. The van der Waals surface area contributed by atoms with Crippen LogP contribution in [0.3, 0.4) is 0 Å². The zero-order valence-corrected chi connectivity index (χ0v) is 11.5. The molecule has 18 heavy (non-hydrogen) atoms. The molecule has 0 aromatic heterocycles. The topological polar surface area (TPSA) is 109 Å². The highest BCUT2D eigenvalue weighted by atomic mass is 32.2. The summed E-state index contributed by atoms with van der Waals surface area (Å²) in [4.78, 5) is 10.4. The summed E-state index contributed by atoms with van der Waals surface area (Å²) in [5.74, 6) is -1.33. The zero-order chi connectivity index (χ0) is 13.8. The number of nitrogens with two attached hydrogens (primary N) is 1. The van der Waals surface area contributed by atoms with E-state index in [0.29, 0.717) is 0 Å². The third-order valence-electron chi connectivity index (χ3n) is 3.76. The minimum absolute atomic E-state index is 0.177. The number of sulfonamides is 1. The van der Waals surface area contributed by atoms with Gasteiger partial charge in [0, 0.05) is 12.1 Å². The van der Waals surface area contributed by atoms with Gasteiger partial charge in [-0.05, 0) is 18.8 Å². The van der Waals surface area contributed by atoms with E-state index in [1.54, 1.807) is 0 Å². The normalized spacial score (nSPS) is 29.1. The summed E-state index contributed by atoms with van der Waals surface area (Å²) >= 11 is 0. The van der Waals surface area contributed by atoms with E-state index >= 15 is 0 Å². The molecule has 0 amide bonds. The van der Waals surface area contributed by atoms with Gasteiger partial charge in [0.1, 0.15) is 0 Å². The van der Waals surface area contributed by atoms with Crippen LogP contribution in [0.4, 0.5) is 0 Å². The Balaban J connectivity index is 2.75. The number of rotatable bonds is 6. The average Bonchev–Trinajstić information content (AvgIpc) is 2.30. The number of hydrogen-bond acceptors (Lipinski definition) is 4. The smallest absolute Gasteiger partial charge is 0.304 e. The van der Waals surface area contributed by atoms with Crippen LogP contribution in [0.1, 0.15) is 39.0 Å². The van der Waals surface area contributed by atoms with E-state index < -0.39 is 27.3 Å². The quantitative estimate of drug-likeness (QED) is 0.647. The standard InChI is InChI=1S/C11H22N2O4S/c1-9-4-2-3-6-11(9,8-12)13-18(16,17)7-5-10(14)15/h9,13H,2-8,12H2,1H3,(H,14,15). The first-order chi connectivity index (χ1) is 8.31. The van der Waals surface area contributed by atoms with Crippen LogP contribution >= 0.6 is 0 Å². The van der Waals surface area contributed by atoms with Gasteiger partial charge in [-0.2, -0.15) is 0 Å². The number of hydrogen-bond donors (Lipinski definition) is 3. The molecule has 7 heteroatoms. The molecule has 106 valence electrons. The van der Waals surface area contributed by atoms with E-state index in [2.05, 4.69) is 4.72 Å². The minimum Gasteiger partial charge on any atom is -0.481 e. The lowest BCUT2D eigenvalue weighted by Crippen LogP contribution is -2.59. The first-order valence-electron chi connectivity index (χ1n) is 6.25. The lowest BCUT2D eigenvalue weighted by atomic mass is 9.74. The molecule has 4 N–H and O–H groups in total. The van der Waals surface area contributed by atoms with E-state index in [-0.39, 0.29) is 18.9 Å². The van der Waals surface area contributed by atoms with Gasteiger partial charge in [-0.25, -0.2) is 13.1 Å². The summed E-state index contributed by atoms with van der Waals surface area (Å²) in [7, 11) is -3.59. The Morgan fingerprint density at radius 3 is 2.67 bits per heavy atom. The fraction of sp³-hybridized carbons (Fsp3) is 0.909. The maximum Gasteiger partial charge on any atom is 0.304 e. The Labute approximate surface area is 108 Å². The number of aliphatic carboxylic acids is 1. The molecule has 1 fully saturated rings. The second kappa shape index (κ2) is 5.99. The zero-order valence-electron chi connectivity index (χ0n) is 10.7. The molecular formula is C11H22N2O4S. The van der Waals surface area contributed by atoms with Crippen LogP contribution in [0.5, 0.6) is 0 Å². The lowest BCUT2D eigenvalue weighted by molar-refractivity contribution is -0.136. The summed E-state index contributed by atoms with van der Waals surface area (Å²) in [6.07, 6.45) is 3.31. The molecule has 6 nitrogen and oxygen atoms in total. The van der Waals surface area contributed by atoms with Gasteiger partial charge >= 0.3 is 5.97 Å². The lowest BCUT2D eigenvalue weighted by Gasteiger charge is -2.42. The first kappa shape index (κ1) is 15.4. The predicted molar refractivity (Wildman–Crippen MR) is 68.6 cm³/mol. The van der Waals surface area contributed by atoms with Gasteiger partial charge in [-0.1, -0.05) is 19.8 Å². The third kappa shape index (κ3) is 3.93. The Kier molecular flexibility index (Phi) is 5.12. The van der Waals surface area contributed by atoms with E-state index in [4.69, 9.17) is 10.8 Å². The van der Waals surface area contributed by atoms with Crippen molar-refractivity contribution in [3.63, 3.8) is 0 Å². The Morgan fingerprint density at radius 1 is 1.50 bits per heavy atom. The number of carboxylic acid groups (broad SMARTS) is 1. The van der Waals surface area contributed by atoms with Crippen molar-refractivity contribution in [1.82, 2.24) is 4.72 Å². The molecule has 1 aliphatic rings. The van der Waals surface area contributed by atoms with Gasteiger partial charge in [0.15, 0.2) is 0 Å². The molecule has 0 aliphatic heterocycles. The van der Waals surface area contributed by atoms with Crippen molar-refractivity contribution in [2.24, 2.45) is 11.7 Å². The van der Waals surface area contributed by atoms with Crippen molar-refractivity contribution < 1.29 is 18.3 Å². The van der Waals surface area contributed by atoms with Gasteiger partial charge in [-0.15, -0.1) is 0 Å². The summed E-state index contributed by atoms with van der Waals surface area (Å²) in [5.41, 5.74) is 5.15. The molecule has 0 spiro atoms. The number of carboxylic acids is 1. The van der Waals surface area contributed by atoms with Gasteiger partial charge in [0.2, 0.25) is 10.0 Å². The monoisotopic (exact) mass is 278 g/mol. The molecular weight excluding hydrogens is 256 g/mol. The second-order valence-corrected chi connectivity index (χ2v) is 6.91. The fourth-order valence-electron chi connectivity index (χ4n) is 2.49. The Hall–Kier alpha value is -0.660. The van der Waals surface area contributed by atoms with E-state index in [0.717, 1.165) is 25.7 Å². The van der Waals surface area contributed by atoms with Gasteiger partial charge in [0.05, 0.1) is 12.2 Å². The van der Waals surface area contributed by atoms with Gasteiger partial charge in [-0.3, -0.25) is 4.79 Å². The highest BCUT2D eigenvalue weighted by molar-refractivity contribution is 7.89. The molecule has 1 aliphatic carbocycles. The Bertz CT molecular complexity index is 396. The van der Waals surface area contributed by atoms with Crippen LogP contribution < -0.4 is 10.5 Å². The van der Waals surface area contributed by atoms with Crippen molar-refractivity contribution in [2.75, 3.05) is 12.3 Å². The third-order valence-corrected chi connectivity index (χ3v) is 5.22. The summed E-state index contributed by atoms with van der Waals surface area (Å²) in [6.45, 7) is 2.24. The molecule has 0 bridgehead atoms. The van der Waals surface area contributed by atoms with Crippen LogP contribution in [-0.4, -0.2) is 37.3 Å². The highest BCUT2D eigenvalue weighted by Crippen LogP contribution is 2.33. The summed E-state index contributed by atoms with van der Waals surface area (Å²) in [5, 5.41) is 8.54. The van der Waals surface area contributed by atoms with E-state index in [1.807, 2.05) is 6.92 Å². The summed E-state index contributed by atoms with van der Waals surface area (Å²) < 4.78 is 26.4. The van der Waals surface area contributed by atoms with Gasteiger partial charge in [0.25, 0.3) is 0 Å². The van der Waals surface area contributed by atoms with Crippen LogP contribution in [-0.2, 0) is 14.8 Å². The number of nitrogens with one attached hydrogen (secondary N) is 1. The van der Waals surface area contributed by atoms with Crippen LogP contribution in [0.25, 0.3) is 0 Å². The average molecular weight is 278 g/mol. The summed E-state index contributed by atoms with van der Waals surface area (Å²) in [6, 6.07) is 0. The second-order valence-electron chi connectivity index (χ2n) is 5.07. The maximum atomic E-state index is 11.9. The first-order valence-corrected chi connectivity index (χ1v) is 7.90. The molecule has 0 saturated heterocycles. The predicted octanol–water partition coefficient (Wildman–Crippen LogP) is 0.288. The number of carbonyl (C=O) groups is 1. The van der Waals surface area contributed by atoms with Crippen molar-refractivity contribution in [1.29, 1.82) is 0 Å². The molecule has 2 atom stereocenters. The molecule has 0 radical (unpaired) electrons. The molecule has 0 aromatic carbocycles. The van der Waals surface area contributed by atoms with Crippen LogP contribution in [0, 0.1) is 5.92 Å². The fourth-order valence-corrected chi connectivity index (χ4v) is 4.04. The Morgan fingerprint density at radius 2 is 2.17 bits per heavy atom. The van der Waals surface area contributed by atoms with E-state index in [9.17, 15) is 13.2 Å². The molecule has 0 heterocycles. The maximum absolute atomic E-state index is 11.9. The highest BCUT2D eigenvalue weighted by Gasteiger charge is 2.40. The van der Waals surface area contributed by atoms with E-state index in [1.165, 1.54) is 0 Å². The molecule has 2 unspecified atom stereocenters. The van der Waals surface area contributed by atoms with Crippen molar-refractivity contribution in [3.05, 3.63) is 0 Å². The molecule has 1 rings (SSSR count). The van der Waals surface area contributed by atoms with Crippen LogP contribution in [0.2, 0.25) is 0 Å². The van der Waals surface area contributed by atoms with Crippen LogP contribution in [0.15, 0.2) is 0 Å². The molecule has 0 aromatic rings. The minimum atomic E-state index is -3.59. The van der Waals surface area contributed by atoms with Gasteiger partial charge < -0.3 is 10.8 Å². The van der Waals surface area contributed by atoms with Crippen molar-refractivity contribution in [3.8, 4) is 0 Å². The van der Waals surface area contributed by atoms with Crippen molar-refractivity contribution in [2.45, 2.75) is 44.6 Å².